The minimum atomic E-state index is 0.0274. The number of rotatable bonds is 6. The second kappa shape index (κ2) is 7.46. The SMILES string of the molecule is CCc1ccc(OC)c(C(CN)CC(=O)N2CCCC2)c1. The lowest BCUT2D eigenvalue weighted by Gasteiger charge is -2.22. The molecule has 0 spiro atoms. The molecule has 1 aliphatic rings. The van der Waals surface area contributed by atoms with Crippen LogP contribution in [0.5, 0.6) is 5.75 Å². The van der Waals surface area contributed by atoms with Gasteiger partial charge in [-0.3, -0.25) is 4.79 Å². The van der Waals surface area contributed by atoms with Crippen LogP contribution in [0.25, 0.3) is 0 Å². The fourth-order valence-electron chi connectivity index (χ4n) is 2.95. The van der Waals surface area contributed by atoms with Gasteiger partial charge in [-0.2, -0.15) is 0 Å². The third-order valence-corrected chi connectivity index (χ3v) is 4.31. The highest BCUT2D eigenvalue weighted by Crippen LogP contribution is 2.30. The average Bonchev–Trinajstić information content (AvgIpc) is 3.06. The van der Waals surface area contributed by atoms with Crippen molar-refractivity contribution in [1.82, 2.24) is 4.90 Å². The van der Waals surface area contributed by atoms with Gasteiger partial charge in [0.2, 0.25) is 5.91 Å². The highest BCUT2D eigenvalue weighted by atomic mass is 16.5. The Labute approximate surface area is 127 Å². The van der Waals surface area contributed by atoms with Gasteiger partial charge in [0.1, 0.15) is 5.75 Å². The monoisotopic (exact) mass is 290 g/mol. The number of benzene rings is 1. The molecule has 1 amide bonds. The second-order valence-corrected chi connectivity index (χ2v) is 5.65. The number of carbonyl (C=O) groups is 1. The van der Waals surface area contributed by atoms with Crippen LogP contribution in [0.2, 0.25) is 0 Å². The van der Waals surface area contributed by atoms with Crippen LogP contribution >= 0.6 is 0 Å². The van der Waals surface area contributed by atoms with Crippen LogP contribution in [-0.4, -0.2) is 37.6 Å². The molecule has 2 N–H and O–H groups in total. The smallest absolute Gasteiger partial charge is 0.223 e. The lowest BCUT2D eigenvalue weighted by atomic mass is 9.92. The van der Waals surface area contributed by atoms with Crippen LogP contribution in [0, 0.1) is 0 Å². The predicted molar refractivity (Wildman–Crippen MR) is 84.6 cm³/mol. The van der Waals surface area contributed by atoms with Crippen molar-refractivity contribution in [2.24, 2.45) is 5.73 Å². The first-order valence-corrected chi connectivity index (χ1v) is 7.84. The minimum absolute atomic E-state index is 0.0274. The summed E-state index contributed by atoms with van der Waals surface area (Å²) in [5.41, 5.74) is 8.25. The summed E-state index contributed by atoms with van der Waals surface area (Å²) in [6, 6.07) is 6.18. The predicted octanol–water partition coefficient (Wildman–Crippen LogP) is 2.31. The molecule has 1 atom stereocenters. The van der Waals surface area contributed by atoms with Gasteiger partial charge >= 0.3 is 0 Å². The van der Waals surface area contributed by atoms with E-state index in [0.29, 0.717) is 13.0 Å². The van der Waals surface area contributed by atoms with Crippen LogP contribution in [-0.2, 0) is 11.2 Å². The molecule has 0 bridgehead atoms. The largest absolute Gasteiger partial charge is 0.496 e. The van der Waals surface area contributed by atoms with Crippen molar-refractivity contribution in [2.45, 2.75) is 38.5 Å². The Morgan fingerprint density at radius 3 is 2.67 bits per heavy atom. The molecule has 4 heteroatoms. The topological polar surface area (TPSA) is 55.6 Å². The molecule has 0 saturated carbocycles. The van der Waals surface area contributed by atoms with Crippen molar-refractivity contribution in [1.29, 1.82) is 0 Å². The van der Waals surface area contributed by atoms with E-state index in [0.717, 1.165) is 43.7 Å². The summed E-state index contributed by atoms with van der Waals surface area (Å²) < 4.78 is 5.45. The van der Waals surface area contributed by atoms with E-state index in [2.05, 4.69) is 19.1 Å². The molecule has 2 rings (SSSR count). The summed E-state index contributed by atoms with van der Waals surface area (Å²) in [6.45, 7) is 4.37. The first-order chi connectivity index (χ1) is 10.2. The van der Waals surface area contributed by atoms with E-state index in [-0.39, 0.29) is 11.8 Å². The summed E-state index contributed by atoms with van der Waals surface area (Å²) in [7, 11) is 1.67. The van der Waals surface area contributed by atoms with Gasteiger partial charge in [0.15, 0.2) is 0 Å². The molecule has 1 aliphatic heterocycles. The number of likely N-dealkylation sites (tertiary alicyclic amines) is 1. The number of hydrogen-bond donors (Lipinski definition) is 1. The first-order valence-electron chi connectivity index (χ1n) is 7.84. The second-order valence-electron chi connectivity index (χ2n) is 5.65. The van der Waals surface area contributed by atoms with Crippen LogP contribution in [0.3, 0.4) is 0 Å². The Hall–Kier alpha value is -1.55. The Bertz CT molecular complexity index is 482. The Morgan fingerprint density at radius 2 is 2.10 bits per heavy atom. The van der Waals surface area contributed by atoms with Crippen molar-refractivity contribution in [3.63, 3.8) is 0 Å². The van der Waals surface area contributed by atoms with Crippen LogP contribution in [0.15, 0.2) is 18.2 Å². The molecule has 1 unspecified atom stereocenters. The van der Waals surface area contributed by atoms with Crippen molar-refractivity contribution in [3.05, 3.63) is 29.3 Å². The number of methoxy groups -OCH3 is 1. The summed E-state index contributed by atoms with van der Waals surface area (Å²) in [5.74, 6) is 1.07. The number of nitrogens with zero attached hydrogens (tertiary/aromatic N) is 1. The molecular formula is C17H26N2O2. The molecule has 116 valence electrons. The van der Waals surface area contributed by atoms with Gasteiger partial charge in [0.05, 0.1) is 7.11 Å². The normalized spacial score (nSPS) is 16.0. The minimum Gasteiger partial charge on any atom is -0.496 e. The van der Waals surface area contributed by atoms with Crippen molar-refractivity contribution < 1.29 is 9.53 Å². The van der Waals surface area contributed by atoms with E-state index in [1.165, 1.54) is 5.56 Å². The highest BCUT2D eigenvalue weighted by Gasteiger charge is 2.24. The molecule has 0 aromatic heterocycles. The zero-order valence-corrected chi connectivity index (χ0v) is 13.1. The number of hydrogen-bond acceptors (Lipinski definition) is 3. The van der Waals surface area contributed by atoms with Crippen LogP contribution in [0.1, 0.15) is 43.2 Å². The van der Waals surface area contributed by atoms with Crippen LogP contribution < -0.4 is 10.5 Å². The summed E-state index contributed by atoms with van der Waals surface area (Å²) in [5, 5.41) is 0. The fourth-order valence-corrected chi connectivity index (χ4v) is 2.95. The number of ether oxygens (including phenoxy) is 1. The van der Waals surface area contributed by atoms with Gasteiger partial charge in [0.25, 0.3) is 0 Å². The maximum absolute atomic E-state index is 12.4. The maximum Gasteiger partial charge on any atom is 0.223 e. The summed E-state index contributed by atoms with van der Waals surface area (Å²) in [6.07, 6.45) is 3.68. The van der Waals surface area contributed by atoms with Gasteiger partial charge in [0, 0.05) is 25.4 Å². The molecule has 21 heavy (non-hydrogen) atoms. The molecular weight excluding hydrogens is 264 g/mol. The quantitative estimate of drug-likeness (QED) is 0.874. The lowest BCUT2D eigenvalue weighted by molar-refractivity contribution is -0.130. The summed E-state index contributed by atoms with van der Waals surface area (Å²) >= 11 is 0. The highest BCUT2D eigenvalue weighted by molar-refractivity contribution is 5.77. The molecule has 4 nitrogen and oxygen atoms in total. The van der Waals surface area contributed by atoms with Crippen molar-refractivity contribution in [3.8, 4) is 5.75 Å². The number of amides is 1. The molecule has 1 fully saturated rings. The van der Waals surface area contributed by atoms with Gasteiger partial charge < -0.3 is 15.4 Å². The summed E-state index contributed by atoms with van der Waals surface area (Å²) in [4.78, 5) is 14.3. The molecule has 1 saturated heterocycles. The van der Waals surface area contributed by atoms with Crippen LogP contribution in [0.4, 0.5) is 0 Å². The van der Waals surface area contributed by atoms with E-state index < -0.39 is 0 Å². The third-order valence-electron chi connectivity index (χ3n) is 4.31. The molecule has 1 heterocycles. The molecule has 0 aliphatic carbocycles. The van der Waals surface area contributed by atoms with E-state index in [1.54, 1.807) is 7.11 Å². The third kappa shape index (κ3) is 3.76. The van der Waals surface area contributed by atoms with E-state index in [4.69, 9.17) is 10.5 Å². The standard InChI is InChI=1S/C17H26N2O2/c1-3-13-6-7-16(21-2)15(10-13)14(12-18)11-17(20)19-8-4-5-9-19/h6-7,10,14H,3-5,8-9,11-12,18H2,1-2H3. The molecule has 1 aromatic carbocycles. The van der Waals surface area contributed by atoms with Gasteiger partial charge in [-0.15, -0.1) is 0 Å². The zero-order valence-electron chi connectivity index (χ0n) is 13.1. The van der Waals surface area contributed by atoms with Gasteiger partial charge in [-0.05, 0) is 43.0 Å². The van der Waals surface area contributed by atoms with E-state index in [1.807, 2.05) is 11.0 Å². The zero-order chi connectivity index (χ0) is 15.2. The van der Waals surface area contributed by atoms with E-state index >= 15 is 0 Å². The first kappa shape index (κ1) is 15.8. The molecule has 0 radical (unpaired) electrons. The fraction of sp³-hybridized carbons (Fsp3) is 0.588. The number of carbonyl (C=O) groups excluding carboxylic acids is 1. The number of nitrogens with two attached hydrogens (primary N) is 1. The van der Waals surface area contributed by atoms with Gasteiger partial charge in [-0.1, -0.05) is 19.1 Å². The Morgan fingerprint density at radius 1 is 1.38 bits per heavy atom. The lowest BCUT2D eigenvalue weighted by Crippen LogP contribution is -2.30. The average molecular weight is 290 g/mol. The Balaban J connectivity index is 2.17. The number of aryl methyl sites for hydroxylation is 1. The van der Waals surface area contributed by atoms with Gasteiger partial charge in [-0.25, -0.2) is 0 Å². The van der Waals surface area contributed by atoms with E-state index in [9.17, 15) is 4.79 Å². The van der Waals surface area contributed by atoms with Crippen molar-refractivity contribution in [2.75, 3.05) is 26.7 Å². The maximum atomic E-state index is 12.4. The Kier molecular flexibility index (Phi) is 5.62. The van der Waals surface area contributed by atoms with Crippen molar-refractivity contribution >= 4 is 5.91 Å². The molecule has 1 aromatic rings.